The van der Waals surface area contributed by atoms with E-state index in [0.29, 0.717) is 38.8 Å². The molecule has 0 radical (unpaired) electrons. The fourth-order valence-corrected chi connectivity index (χ4v) is 3.82. The number of anilines is 1. The summed E-state index contributed by atoms with van der Waals surface area (Å²) >= 11 is 7.38. The van der Waals surface area contributed by atoms with Gasteiger partial charge < -0.3 is 10.1 Å². The molecule has 32 heavy (non-hydrogen) atoms. The molecule has 1 N–H and O–H groups in total. The van der Waals surface area contributed by atoms with Gasteiger partial charge in [0.05, 0.1) is 24.2 Å². The molecule has 0 unspecified atom stereocenters. The number of thioether (sulfide) groups is 1. The van der Waals surface area contributed by atoms with Crippen LogP contribution in [0, 0.1) is 5.82 Å². The van der Waals surface area contributed by atoms with Crippen molar-refractivity contribution in [1.82, 2.24) is 25.0 Å². The number of hydrogen-bond acceptors (Lipinski definition) is 7. The minimum Gasteiger partial charge on any atom is -0.495 e. The lowest BCUT2D eigenvalue weighted by molar-refractivity contribution is 0.102. The average molecular weight is 471 g/mol. The zero-order valence-electron chi connectivity index (χ0n) is 16.7. The van der Waals surface area contributed by atoms with Crippen LogP contribution in [0.1, 0.15) is 16.2 Å². The number of amides is 1. The van der Waals surface area contributed by atoms with Crippen LogP contribution in [-0.2, 0) is 5.75 Å². The van der Waals surface area contributed by atoms with E-state index in [2.05, 4.69) is 25.6 Å². The van der Waals surface area contributed by atoms with E-state index in [0.717, 1.165) is 0 Å². The van der Waals surface area contributed by atoms with E-state index >= 15 is 0 Å². The fraction of sp³-hybridized carbons (Fsp3) is 0.0952. The van der Waals surface area contributed by atoms with Crippen LogP contribution >= 0.6 is 23.4 Å². The smallest absolute Gasteiger partial charge is 0.278 e. The van der Waals surface area contributed by atoms with E-state index in [4.69, 9.17) is 16.3 Å². The molecule has 0 saturated heterocycles. The maximum absolute atomic E-state index is 13.4. The first-order valence-corrected chi connectivity index (χ1v) is 10.7. The van der Waals surface area contributed by atoms with Crippen LogP contribution in [0.15, 0.2) is 66.1 Å². The number of carbonyl (C=O) groups excluding carboxylic acids is 1. The van der Waals surface area contributed by atoms with Crippen molar-refractivity contribution in [2.45, 2.75) is 10.9 Å². The van der Waals surface area contributed by atoms with Crippen molar-refractivity contribution in [3.8, 4) is 11.4 Å². The van der Waals surface area contributed by atoms with E-state index < -0.39 is 5.91 Å². The molecule has 8 nitrogen and oxygen atoms in total. The Balaban J connectivity index is 1.68. The van der Waals surface area contributed by atoms with Crippen LogP contribution in [0.25, 0.3) is 5.69 Å². The van der Waals surface area contributed by atoms with Crippen molar-refractivity contribution in [1.29, 1.82) is 0 Å². The Morgan fingerprint density at radius 3 is 2.66 bits per heavy atom. The largest absolute Gasteiger partial charge is 0.495 e. The molecule has 0 aliphatic heterocycles. The second kappa shape index (κ2) is 9.75. The van der Waals surface area contributed by atoms with E-state index in [1.807, 2.05) is 0 Å². The number of nitrogens with zero attached hydrogens (tertiary/aromatic N) is 5. The normalized spacial score (nSPS) is 10.7. The first-order valence-electron chi connectivity index (χ1n) is 9.30. The number of aromatic nitrogens is 5. The van der Waals surface area contributed by atoms with Gasteiger partial charge in [0, 0.05) is 23.2 Å². The molecule has 0 bridgehead atoms. The molecule has 0 aliphatic carbocycles. The molecule has 0 aliphatic rings. The van der Waals surface area contributed by atoms with Crippen LogP contribution in [-0.4, -0.2) is 38.0 Å². The standard InChI is InChI=1S/C21H16ClFN6O2S/c1-31-18-8-3-13(22)11-16(18)26-20(30)19-17(12-32-21-24-9-2-10-25-21)29(28-27-19)15-6-4-14(23)5-7-15/h2-11H,12H2,1H3,(H,26,30). The Morgan fingerprint density at radius 2 is 1.94 bits per heavy atom. The molecule has 0 spiro atoms. The summed E-state index contributed by atoms with van der Waals surface area (Å²) in [7, 11) is 1.49. The monoisotopic (exact) mass is 470 g/mol. The van der Waals surface area contributed by atoms with Gasteiger partial charge in [0.25, 0.3) is 5.91 Å². The highest BCUT2D eigenvalue weighted by atomic mass is 35.5. The summed E-state index contributed by atoms with van der Waals surface area (Å²) in [6.07, 6.45) is 3.26. The Morgan fingerprint density at radius 1 is 1.19 bits per heavy atom. The highest BCUT2D eigenvalue weighted by Gasteiger charge is 2.22. The third kappa shape index (κ3) is 4.87. The molecule has 11 heteroatoms. The van der Waals surface area contributed by atoms with Crippen LogP contribution in [0.2, 0.25) is 5.02 Å². The van der Waals surface area contributed by atoms with Gasteiger partial charge in [0.1, 0.15) is 11.6 Å². The quantitative estimate of drug-likeness (QED) is 0.316. The predicted octanol–water partition coefficient (Wildman–Crippen LogP) is 4.40. The minimum absolute atomic E-state index is 0.0970. The van der Waals surface area contributed by atoms with Crippen molar-refractivity contribution in [3.63, 3.8) is 0 Å². The summed E-state index contributed by atoms with van der Waals surface area (Å²) in [6, 6.07) is 12.3. The van der Waals surface area contributed by atoms with Crippen molar-refractivity contribution < 1.29 is 13.9 Å². The van der Waals surface area contributed by atoms with Gasteiger partial charge in [0.2, 0.25) is 0 Å². The molecule has 1 amide bonds. The maximum atomic E-state index is 13.4. The number of rotatable bonds is 7. The molecular weight excluding hydrogens is 455 g/mol. The van der Waals surface area contributed by atoms with Crippen molar-refractivity contribution in [2.75, 3.05) is 12.4 Å². The summed E-state index contributed by atoms with van der Waals surface area (Å²) in [5, 5.41) is 11.9. The summed E-state index contributed by atoms with van der Waals surface area (Å²) in [4.78, 5) is 21.5. The molecule has 0 atom stereocenters. The molecule has 4 rings (SSSR count). The zero-order valence-corrected chi connectivity index (χ0v) is 18.3. The van der Waals surface area contributed by atoms with Gasteiger partial charge >= 0.3 is 0 Å². The molecule has 162 valence electrons. The molecule has 2 aromatic heterocycles. The number of methoxy groups -OCH3 is 1. The van der Waals surface area contributed by atoms with E-state index in [-0.39, 0.29) is 11.5 Å². The summed E-state index contributed by atoms with van der Waals surface area (Å²) in [5.74, 6) is -0.136. The second-order valence-electron chi connectivity index (χ2n) is 6.39. The first-order chi connectivity index (χ1) is 15.5. The average Bonchev–Trinajstić information content (AvgIpc) is 3.23. The van der Waals surface area contributed by atoms with Gasteiger partial charge in [0.15, 0.2) is 10.9 Å². The van der Waals surface area contributed by atoms with Crippen LogP contribution in [0.4, 0.5) is 10.1 Å². The number of nitrogens with one attached hydrogen (secondary N) is 1. The SMILES string of the molecule is COc1ccc(Cl)cc1NC(=O)c1nnn(-c2ccc(F)cc2)c1CSc1ncccn1. The van der Waals surface area contributed by atoms with Gasteiger partial charge in [-0.05, 0) is 48.5 Å². The number of benzene rings is 2. The molecule has 0 saturated carbocycles. The lowest BCUT2D eigenvalue weighted by Gasteiger charge is -2.11. The Labute approximate surface area is 191 Å². The molecule has 2 aromatic carbocycles. The maximum Gasteiger partial charge on any atom is 0.278 e. The van der Waals surface area contributed by atoms with Gasteiger partial charge in [-0.2, -0.15) is 0 Å². The van der Waals surface area contributed by atoms with Crippen molar-refractivity contribution in [2.24, 2.45) is 0 Å². The first kappa shape index (κ1) is 21.7. The molecule has 2 heterocycles. The Bertz CT molecular complexity index is 1240. The molecule has 4 aromatic rings. The highest BCUT2D eigenvalue weighted by Crippen LogP contribution is 2.29. The third-order valence-corrected chi connectivity index (χ3v) is 5.46. The van der Waals surface area contributed by atoms with Crippen molar-refractivity contribution >= 4 is 35.0 Å². The minimum atomic E-state index is -0.497. The Hall–Kier alpha value is -3.50. The number of hydrogen-bond donors (Lipinski definition) is 1. The van der Waals surface area contributed by atoms with Crippen molar-refractivity contribution in [3.05, 3.63) is 83.2 Å². The van der Waals surface area contributed by atoms with E-state index in [9.17, 15) is 9.18 Å². The summed E-state index contributed by atoms with van der Waals surface area (Å²) in [5.41, 5.74) is 1.54. The summed E-state index contributed by atoms with van der Waals surface area (Å²) < 4.78 is 20.2. The number of halogens is 2. The highest BCUT2D eigenvalue weighted by molar-refractivity contribution is 7.98. The lowest BCUT2D eigenvalue weighted by Crippen LogP contribution is -2.16. The topological polar surface area (TPSA) is 94.8 Å². The fourth-order valence-electron chi connectivity index (χ4n) is 2.85. The second-order valence-corrected chi connectivity index (χ2v) is 7.77. The van der Waals surface area contributed by atoms with E-state index in [1.54, 1.807) is 48.8 Å². The molecular formula is C21H16ClFN6O2S. The van der Waals surface area contributed by atoms with Gasteiger partial charge in [-0.25, -0.2) is 19.0 Å². The van der Waals surface area contributed by atoms with E-state index in [1.165, 1.54) is 35.7 Å². The zero-order chi connectivity index (χ0) is 22.5. The summed E-state index contributed by atoms with van der Waals surface area (Å²) in [6.45, 7) is 0. The van der Waals surface area contributed by atoms with Gasteiger partial charge in [-0.3, -0.25) is 4.79 Å². The number of ether oxygens (including phenoxy) is 1. The predicted molar refractivity (Wildman–Crippen MR) is 119 cm³/mol. The lowest BCUT2D eigenvalue weighted by atomic mass is 10.2. The van der Waals surface area contributed by atoms with Gasteiger partial charge in [-0.15, -0.1) is 5.10 Å². The Kier molecular flexibility index (Phi) is 6.62. The molecule has 0 fully saturated rings. The van der Waals surface area contributed by atoms with Gasteiger partial charge in [-0.1, -0.05) is 28.6 Å². The van der Waals surface area contributed by atoms with Crippen LogP contribution < -0.4 is 10.1 Å². The van der Waals surface area contributed by atoms with Crippen LogP contribution in [0.3, 0.4) is 0 Å². The third-order valence-electron chi connectivity index (χ3n) is 4.34. The van der Waals surface area contributed by atoms with Crippen LogP contribution in [0.5, 0.6) is 5.75 Å². The number of carbonyl (C=O) groups is 1.